The maximum Gasteiger partial charge on any atom is 0.488 e. The second-order valence-corrected chi connectivity index (χ2v) is 4.21. The van der Waals surface area contributed by atoms with Gasteiger partial charge in [0.1, 0.15) is 17.9 Å². The number of aromatic carboxylic acids is 1. The van der Waals surface area contributed by atoms with Gasteiger partial charge in [-0.3, -0.25) is 0 Å². The number of hydrogen-bond acceptors (Lipinski definition) is 4. The molecule has 2 rings (SSSR count). The van der Waals surface area contributed by atoms with Gasteiger partial charge in [-0.15, -0.1) is 0 Å². The Kier molecular flexibility index (Phi) is 4.39. The molecule has 0 fully saturated rings. The number of carbonyl (C=O) groups is 1. The van der Waals surface area contributed by atoms with E-state index in [1.54, 1.807) is 0 Å². The summed E-state index contributed by atoms with van der Waals surface area (Å²) in [6.45, 7) is 0.238. The molecule has 0 bridgehead atoms. The molecule has 20 heavy (non-hydrogen) atoms. The minimum atomic E-state index is -1.71. The van der Waals surface area contributed by atoms with Crippen LogP contribution in [-0.2, 0) is 6.61 Å². The first-order chi connectivity index (χ1) is 9.58. The summed E-state index contributed by atoms with van der Waals surface area (Å²) in [4.78, 5) is 11.2. The zero-order valence-electron chi connectivity index (χ0n) is 10.6. The van der Waals surface area contributed by atoms with Crippen molar-refractivity contribution in [3.8, 4) is 5.75 Å². The van der Waals surface area contributed by atoms with Gasteiger partial charge in [-0.25, -0.2) is 4.79 Å². The van der Waals surface area contributed by atoms with Crippen molar-refractivity contribution in [1.82, 2.24) is 0 Å². The van der Waals surface area contributed by atoms with E-state index in [-0.39, 0.29) is 23.4 Å². The van der Waals surface area contributed by atoms with Crippen LogP contribution in [-0.4, -0.2) is 28.2 Å². The van der Waals surface area contributed by atoms with Gasteiger partial charge in [0, 0.05) is 0 Å². The van der Waals surface area contributed by atoms with Gasteiger partial charge < -0.3 is 19.9 Å². The summed E-state index contributed by atoms with van der Waals surface area (Å²) in [5, 5.41) is 27.2. The summed E-state index contributed by atoms with van der Waals surface area (Å²) in [5.74, 6) is -0.999. The summed E-state index contributed by atoms with van der Waals surface area (Å²) in [5.41, 5.74) is 0.913. The van der Waals surface area contributed by atoms with Gasteiger partial charge in [-0.2, -0.15) is 0 Å². The average Bonchev–Trinajstić information content (AvgIpc) is 2.45. The summed E-state index contributed by atoms with van der Waals surface area (Å²) in [7, 11) is -1.71. The number of rotatable bonds is 5. The molecule has 0 unspecified atom stereocenters. The molecule has 0 aromatic heterocycles. The van der Waals surface area contributed by atoms with Crippen LogP contribution in [0.1, 0.15) is 15.9 Å². The van der Waals surface area contributed by atoms with E-state index in [1.807, 2.05) is 30.3 Å². The molecule has 0 saturated carbocycles. The molecule has 3 N–H and O–H groups in total. The predicted octanol–water partition coefficient (Wildman–Crippen LogP) is 0.644. The molecule has 102 valence electrons. The van der Waals surface area contributed by atoms with E-state index in [2.05, 4.69) is 0 Å². The normalized spacial score (nSPS) is 10.1. The first kappa shape index (κ1) is 14.1. The third-order valence-electron chi connectivity index (χ3n) is 2.77. The van der Waals surface area contributed by atoms with E-state index < -0.39 is 13.1 Å². The highest BCUT2D eigenvalue weighted by Crippen LogP contribution is 2.18. The quantitative estimate of drug-likeness (QED) is 0.695. The highest BCUT2D eigenvalue weighted by Gasteiger charge is 2.17. The standard InChI is InChI=1S/C14H13BO5/c16-14(17)12-8-11(15(18)19)6-7-13(12)20-9-10-4-2-1-3-5-10/h1-8,18-19H,9H2,(H,16,17). The lowest BCUT2D eigenvalue weighted by Crippen LogP contribution is -2.30. The third-order valence-corrected chi connectivity index (χ3v) is 2.77. The first-order valence-electron chi connectivity index (χ1n) is 5.98. The Morgan fingerprint density at radius 3 is 2.40 bits per heavy atom. The molecule has 0 aliphatic rings. The van der Waals surface area contributed by atoms with Crippen molar-refractivity contribution in [1.29, 1.82) is 0 Å². The fourth-order valence-corrected chi connectivity index (χ4v) is 1.74. The Labute approximate surface area is 116 Å². The molecular formula is C14H13BO5. The van der Waals surface area contributed by atoms with Gasteiger partial charge in [0.05, 0.1) is 0 Å². The first-order valence-corrected chi connectivity index (χ1v) is 5.98. The van der Waals surface area contributed by atoms with Gasteiger partial charge in [0.25, 0.3) is 0 Å². The topological polar surface area (TPSA) is 87.0 Å². The van der Waals surface area contributed by atoms with Gasteiger partial charge in [0.2, 0.25) is 0 Å². The Hall–Kier alpha value is -2.31. The minimum absolute atomic E-state index is 0.105. The molecule has 6 heteroatoms. The lowest BCUT2D eigenvalue weighted by Gasteiger charge is -2.10. The zero-order valence-corrected chi connectivity index (χ0v) is 10.6. The molecule has 2 aromatic rings. The second kappa shape index (κ2) is 6.23. The van der Waals surface area contributed by atoms with Crippen LogP contribution in [0.15, 0.2) is 48.5 Å². The second-order valence-electron chi connectivity index (χ2n) is 4.21. The molecule has 0 saturated heterocycles. The molecule has 0 amide bonds. The summed E-state index contributed by atoms with van der Waals surface area (Å²) in [6.07, 6.45) is 0. The molecule has 0 heterocycles. The third kappa shape index (κ3) is 3.37. The number of ether oxygens (including phenoxy) is 1. The van der Waals surface area contributed by atoms with Crippen LogP contribution in [0, 0.1) is 0 Å². The predicted molar refractivity (Wildman–Crippen MR) is 74.0 cm³/mol. The van der Waals surface area contributed by atoms with Crippen molar-refractivity contribution in [2.45, 2.75) is 6.61 Å². The van der Waals surface area contributed by atoms with Gasteiger partial charge >= 0.3 is 13.1 Å². The molecule has 0 aliphatic heterocycles. The monoisotopic (exact) mass is 272 g/mol. The number of benzene rings is 2. The Morgan fingerprint density at radius 1 is 1.10 bits per heavy atom. The number of carboxylic acid groups (broad SMARTS) is 1. The highest BCUT2D eigenvalue weighted by molar-refractivity contribution is 6.58. The summed E-state index contributed by atoms with van der Waals surface area (Å²) >= 11 is 0. The summed E-state index contributed by atoms with van der Waals surface area (Å²) < 4.78 is 5.48. The van der Waals surface area contributed by atoms with E-state index in [0.29, 0.717) is 0 Å². The maximum atomic E-state index is 11.2. The number of hydrogen-bond donors (Lipinski definition) is 3. The van der Waals surface area contributed by atoms with Crippen LogP contribution in [0.2, 0.25) is 0 Å². The van der Waals surface area contributed by atoms with Crippen LogP contribution < -0.4 is 10.2 Å². The SMILES string of the molecule is O=C(O)c1cc(B(O)O)ccc1OCc1ccccc1. The van der Waals surface area contributed by atoms with E-state index in [9.17, 15) is 4.79 Å². The van der Waals surface area contributed by atoms with Crippen molar-refractivity contribution < 1.29 is 24.7 Å². The molecular weight excluding hydrogens is 259 g/mol. The smallest absolute Gasteiger partial charge is 0.488 e. The largest absolute Gasteiger partial charge is 0.488 e. The maximum absolute atomic E-state index is 11.2. The van der Waals surface area contributed by atoms with Crippen LogP contribution >= 0.6 is 0 Å². The summed E-state index contributed by atoms with van der Waals surface area (Å²) in [6, 6.07) is 13.4. The van der Waals surface area contributed by atoms with Gasteiger partial charge in [-0.05, 0) is 23.2 Å². The Balaban J connectivity index is 2.21. The van der Waals surface area contributed by atoms with Crippen molar-refractivity contribution in [2.24, 2.45) is 0 Å². The minimum Gasteiger partial charge on any atom is -0.488 e. The van der Waals surface area contributed by atoms with Crippen molar-refractivity contribution >= 4 is 18.6 Å². The highest BCUT2D eigenvalue weighted by atomic mass is 16.5. The van der Waals surface area contributed by atoms with Crippen LogP contribution in [0.25, 0.3) is 0 Å². The average molecular weight is 272 g/mol. The van der Waals surface area contributed by atoms with Gasteiger partial charge in [-0.1, -0.05) is 36.4 Å². The number of carboxylic acids is 1. The van der Waals surface area contributed by atoms with E-state index in [1.165, 1.54) is 18.2 Å². The molecule has 0 radical (unpaired) electrons. The molecule has 0 spiro atoms. The van der Waals surface area contributed by atoms with E-state index in [4.69, 9.17) is 19.9 Å². The van der Waals surface area contributed by atoms with Crippen molar-refractivity contribution in [2.75, 3.05) is 0 Å². The fraction of sp³-hybridized carbons (Fsp3) is 0.0714. The van der Waals surface area contributed by atoms with Crippen molar-refractivity contribution in [3.63, 3.8) is 0 Å². The molecule has 0 aliphatic carbocycles. The zero-order chi connectivity index (χ0) is 14.5. The van der Waals surface area contributed by atoms with Gasteiger partial charge in [0.15, 0.2) is 0 Å². The Morgan fingerprint density at radius 2 is 1.80 bits per heavy atom. The molecule has 2 aromatic carbocycles. The lowest BCUT2D eigenvalue weighted by atomic mass is 9.79. The molecule has 0 atom stereocenters. The fourth-order valence-electron chi connectivity index (χ4n) is 1.74. The van der Waals surface area contributed by atoms with Crippen LogP contribution in [0.5, 0.6) is 5.75 Å². The van der Waals surface area contributed by atoms with Crippen LogP contribution in [0.4, 0.5) is 0 Å². The van der Waals surface area contributed by atoms with E-state index >= 15 is 0 Å². The van der Waals surface area contributed by atoms with Crippen LogP contribution in [0.3, 0.4) is 0 Å². The van der Waals surface area contributed by atoms with Crippen molar-refractivity contribution in [3.05, 3.63) is 59.7 Å². The van der Waals surface area contributed by atoms with E-state index in [0.717, 1.165) is 5.56 Å². The lowest BCUT2D eigenvalue weighted by molar-refractivity contribution is 0.0692. The Bertz CT molecular complexity index is 598. The molecule has 5 nitrogen and oxygen atoms in total.